The number of likely N-dealkylation sites (tertiary alicyclic amines) is 1. The molecule has 1 saturated heterocycles. The van der Waals surface area contributed by atoms with E-state index in [2.05, 4.69) is 10.8 Å². The van der Waals surface area contributed by atoms with Gasteiger partial charge in [-0.25, -0.2) is 17.9 Å². The smallest absolute Gasteiger partial charge is 0.409 e. The molecule has 2 aromatic carbocycles. The maximum atomic E-state index is 12.4. The molecule has 1 heterocycles. The van der Waals surface area contributed by atoms with Crippen LogP contribution in [0.4, 0.5) is 4.79 Å². The lowest BCUT2D eigenvalue weighted by Gasteiger charge is -2.40. The van der Waals surface area contributed by atoms with Gasteiger partial charge in [-0.05, 0) is 36.5 Å². The van der Waals surface area contributed by atoms with Gasteiger partial charge in [-0.1, -0.05) is 42.5 Å². The Labute approximate surface area is 178 Å². The van der Waals surface area contributed by atoms with Crippen LogP contribution in [0.5, 0.6) is 5.75 Å². The molecular formula is C22H28N2O5S. The molecule has 2 atom stereocenters. The van der Waals surface area contributed by atoms with Crippen molar-refractivity contribution in [2.75, 3.05) is 27.0 Å². The van der Waals surface area contributed by atoms with E-state index in [1.807, 2.05) is 42.5 Å². The molecule has 2 aromatic rings. The lowest BCUT2D eigenvalue weighted by atomic mass is 9.90. The summed E-state index contributed by atoms with van der Waals surface area (Å²) in [6, 6.07) is 15.1. The zero-order chi connectivity index (χ0) is 21.7. The Balaban J connectivity index is 1.93. The van der Waals surface area contributed by atoms with E-state index >= 15 is 0 Å². The third kappa shape index (κ3) is 5.31. The predicted molar refractivity (Wildman–Crippen MR) is 116 cm³/mol. The van der Waals surface area contributed by atoms with E-state index in [1.54, 1.807) is 12.0 Å². The molecule has 1 aliphatic heterocycles. The van der Waals surface area contributed by atoms with Crippen LogP contribution >= 0.6 is 0 Å². The van der Waals surface area contributed by atoms with Crippen LogP contribution in [0.3, 0.4) is 0 Å². The fourth-order valence-corrected chi connectivity index (χ4v) is 4.88. The van der Waals surface area contributed by atoms with Crippen molar-refractivity contribution in [2.24, 2.45) is 0 Å². The number of ether oxygens (including phenoxy) is 2. The van der Waals surface area contributed by atoms with E-state index in [4.69, 9.17) is 9.47 Å². The largest absolute Gasteiger partial charge is 0.496 e. The Morgan fingerprint density at radius 2 is 1.93 bits per heavy atom. The van der Waals surface area contributed by atoms with Gasteiger partial charge in [0.2, 0.25) is 10.0 Å². The molecule has 0 aliphatic carbocycles. The van der Waals surface area contributed by atoms with Gasteiger partial charge in [0, 0.05) is 18.2 Å². The molecule has 1 fully saturated rings. The number of benzene rings is 2. The van der Waals surface area contributed by atoms with Crippen molar-refractivity contribution in [1.29, 1.82) is 0 Å². The van der Waals surface area contributed by atoms with Crippen molar-refractivity contribution in [1.82, 2.24) is 9.62 Å². The van der Waals surface area contributed by atoms with Gasteiger partial charge in [-0.2, -0.15) is 0 Å². The van der Waals surface area contributed by atoms with Crippen LogP contribution in [0.1, 0.15) is 18.4 Å². The summed E-state index contributed by atoms with van der Waals surface area (Å²) in [7, 11) is -0.428. The molecule has 1 amide bonds. The molecule has 1 aliphatic rings. The summed E-state index contributed by atoms with van der Waals surface area (Å²) >= 11 is 0. The summed E-state index contributed by atoms with van der Waals surface area (Å²) in [6.45, 7) is 0.533. The highest BCUT2D eigenvalue weighted by molar-refractivity contribution is 7.88. The van der Waals surface area contributed by atoms with Gasteiger partial charge in [0.15, 0.2) is 0 Å². The minimum atomic E-state index is -3.41. The highest BCUT2D eigenvalue weighted by atomic mass is 32.2. The zero-order valence-electron chi connectivity index (χ0n) is 17.5. The third-order valence-corrected chi connectivity index (χ3v) is 6.07. The number of nitrogens with one attached hydrogen (secondary N) is 1. The Hall–Kier alpha value is -2.58. The predicted octanol–water partition coefficient (Wildman–Crippen LogP) is 3.05. The van der Waals surface area contributed by atoms with Gasteiger partial charge in [-0.3, -0.25) is 0 Å². The van der Waals surface area contributed by atoms with Crippen LogP contribution in [0.15, 0.2) is 48.5 Å². The normalized spacial score (nSPS) is 19.4. The number of amides is 1. The van der Waals surface area contributed by atoms with E-state index in [0.29, 0.717) is 25.8 Å². The summed E-state index contributed by atoms with van der Waals surface area (Å²) in [6.07, 6.45) is 2.58. The number of sulfonamides is 1. The molecule has 8 heteroatoms. The second kappa shape index (κ2) is 9.49. The highest BCUT2D eigenvalue weighted by Gasteiger charge is 2.36. The molecule has 0 spiro atoms. The Morgan fingerprint density at radius 1 is 1.17 bits per heavy atom. The van der Waals surface area contributed by atoms with Crippen LogP contribution in [0, 0.1) is 0 Å². The van der Waals surface area contributed by atoms with Gasteiger partial charge in [0.1, 0.15) is 5.75 Å². The lowest BCUT2D eigenvalue weighted by Crippen LogP contribution is -2.57. The zero-order valence-corrected chi connectivity index (χ0v) is 18.3. The fraction of sp³-hybridized carbons (Fsp3) is 0.409. The highest BCUT2D eigenvalue weighted by Crippen LogP contribution is 2.31. The van der Waals surface area contributed by atoms with E-state index in [-0.39, 0.29) is 12.1 Å². The number of hydrogen-bond donors (Lipinski definition) is 1. The van der Waals surface area contributed by atoms with E-state index in [1.165, 1.54) is 7.11 Å². The number of rotatable bonds is 6. The van der Waals surface area contributed by atoms with Crippen molar-refractivity contribution in [3.05, 3.63) is 54.1 Å². The van der Waals surface area contributed by atoms with Crippen LogP contribution in [0.2, 0.25) is 0 Å². The number of carbonyl (C=O) groups is 1. The second-order valence-corrected chi connectivity index (χ2v) is 9.25. The topological polar surface area (TPSA) is 84.9 Å². The molecule has 3 rings (SSSR count). The molecular weight excluding hydrogens is 404 g/mol. The minimum Gasteiger partial charge on any atom is -0.496 e. The van der Waals surface area contributed by atoms with Crippen molar-refractivity contribution in [2.45, 2.75) is 31.3 Å². The molecule has 0 bridgehead atoms. The van der Waals surface area contributed by atoms with Gasteiger partial charge in [-0.15, -0.1) is 0 Å². The fourth-order valence-electron chi connectivity index (χ4n) is 4.06. The quantitative estimate of drug-likeness (QED) is 0.758. The SMILES string of the molecule is COC(=O)N1CCC[C@H](NS(C)(=O)=O)[C@@H]1Cc1cccc(-c2ccccc2OC)c1. The maximum absolute atomic E-state index is 12.4. The van der Waals surface area contributed by atoms with Gasteiger partial charge in [0.05, 0.1) is 26.5 Å². The monoisotopic (exact) mass is 432 g/mol. The third-order valence-electron chi connectivity index (χ3n) is 5.34. The van der Waals surface area contributed by atoms with Crippen molar-refractivity contribution >= 4 is 16.1 Å². The average Bonchev–Trinajstić information content (AvgIpc) is 2.73. The van der Waals surface area contributed by atoms with Crippen LogP contribution in [-0.2, 0) is 21.2 Å². The summed E-state index contributed by atoms with van der Waals surface area (Å²) in [4.78, 5) is 14.0. The molecule has 30 heavy (non-hydrogen) atoms. The molecule has 1 N–H and O–H groups in total. The van der Waals surface area contributed by atoms with Crippen LogP contribution in [0.25, 0.3) is 11.1 Å². The summed E-state index contributed by atoms with van der Waals surface area (Å²) < 4.78 is 36.9. The number of hydrogen-bond acceptors (Lipinski definition) is 5. The molecule has 7 nitrogen and oxygen atoms in total. The Kier molecular flexibility index (Phi) is 6.99. The number of para-hydroxylation sites is 1. The molecule has 162 valence electrons. The molecule has 0 radical (unpaired) electrons. The van der Waals surface area contributed by atoms with Crippen LogP contribution in [-0.4, -0.2) is 58.5 Å². The first kappa shape index (κ1) is 22.1. The van der Waals surface area contributed by atoms with Gasteiger partial charge in [0.25, 0.3) is 0 Å². The van der Waals surface area contributed by atoms with Gasteiger partial charge >= 0.3 is 6.09 Å². The Bertz CT molecular complexity index is 993. The Morgan fingerprint density at radius 3 is 2.63 bits per heavy atom. The molecule has 0 saturated carbocycles. The van der Waals surface area contributed by atoms with Crippen molar-refractivity contribution in [3.63, 3.8) is 0 Å². The average molecular weight is 433 g/mol. The summed E-state index contributed by atoms with van der Waals surface area (Å²) in [5.41, 5.74) is 2.97. The van der Waals surface area contributed by atoms with Gasteiger partial charge < -0.3 is 14.4 Å². The number of piperidine rings is 1. The second-order valence-electron chi connectivity index (χ2n) is 7.47. The minimum absolute atomic E-state index is 0.339. The number of carbonyl (C=O) groups excluding carboxylic acids is 1. The first-order valence-electron chi connectivity index (χ1n) is 9.86. The lowest BCUT2D eigenvalue weighted by molar-refractivity contribution is 0.0792. The number of nitrogens with zero attached hydrogens (tertiary/aromatic N) is 1. The van der Waals surface area contributed by atoms with E-state index in [9.17, 15) is 13.2 Å². The molecule has 0 aromatic heterocycles. The first-order valence-corrected chi connectivity index (χ1v) is 11.8. The van der Waals surface area contributed by atoms with Crippen molar-refractivity contribution in [3.8, 4) is 16.9 Å². The van der Waals surface area contributed by atoms with E-state index in [0.717, 1.165) is 28.7 Å². The molecule has 0 unspecified atom stereocenters. The van der Waals surface area contributed by atoms with Crippen LogP contribution < -0.4 is 9.46 Å². The standard InChI is InChI=1S/C22H28N2O5S/c1-28-21-12-5-4-10-18(21)17-9-6-8-16(14-17)15-20-19(23-30(3,26)27)11-7-13-24(20)22(25)29-2/h4-6,8-10,12,14,19-20,23H,7,11,13,15H2,1-3H3/t19-,20-/m0/s1. The van der Waals surface area contributed by atoms with E-state index < -0.39 is 16.1 Å². The first-order chi connectivity index (χ1) is 14.3. The maximum Gasteiger partial charge on any atom is 0.409 e. The van der Waals surface area contributed by atoms with Crippen molar-refractivity contribution < 1.29 is 22.7 Å². The number of methoxy groups -OCH3 is 2. The summed E-state index contributed by atoms with van der Waals surface area (Å²) in [5.74, 6) is 0.778. The summed E-state index contributed by atoms with van der Waals surface area (Å²) in [5, 5.41) is 0.